The molecule has 0 fully saturated rings. The van der Waals surface area contributed by atoms with Gasteiger partial charge in [0.1, 0.15) is 0 Å². The van der Waals surface area contributed by atoms with Gasteiger partial charge in [-0.2, -0.15) is 0 Å². The van der Waals surface area contributed by atoms with Crippen LogP contribution in [0.25, 0.3) is 0 Å². The first kappa shape index (κ1) is 13.5. The highest BCUT2D eigenvalue weighted by Crippen LogP contribution is 2.11. The maximum absolute atomic E-state index is 10.8. The van der Waals surface area contributed by atoms with E-state index in [2.05, 4.69) is 18.6 Å². The Balaban J connectivity index is 3.03. The lowest BCUT2D eigenvalue weighted by Gasteiger charge is -2.03. The lowest BCUT2D eigenvalue weighted by molar-refractivity contribution is -0.140. The smallest absolute Gasteiger partial charge is 0.305 e. The van der Waals surface area contributed by atoms with Gasteiger partial charge in [-0.15, -0.1) is 0 Å². The van der Waals surface area contributed by atoms with E-state index in [-0.39, 0.29) is 5.97 Å². The van der Waals surface area contributed by atoms with Crippen molar-refractivity contribution in [2.45, 2.75) is 58.8 Å². The molecule has 0 aliphatic carbocycles. The van der Waals surface area contributed by atoms with Crippen molar-refractivity contribution in [2.24, 2.45) is 5.92 Å². The van der Waals surface area contributed by atoms with E-state index in [0.717, 1.165) is 18.8 Å². The first-order valence-electron chi connectivity index (χ1n) is 5.73. The van der Waals surface area contributed by atoms with Crippen LogP contribution in [0.1, 0.15) is 58.8 Å². The first-order valence-corrected chi connectivity index (χ1v) is 5.73. The van der Waals surface area contributed by atoms with Crippen LogP contribution in [0.15, 0.2) is 0 Å². The number of esters is 1. The molecule has 0 radical (unpaired) electrons. The number of carbonyl (C=O) groups excluding carboxylic acids is 1. The topological polar surface area (TPSA) is 26.3 Å². The van der Waals surface area contributed by atoms with E-state index in [1.54, 1.807) is 0 Å². The van der Waals surface area contributed by atoms with E-state index in [9.17, 15) is 4.79 Å². The van der Waals surface area contributed by atoms with Gasteiger partial charge in [0.05, 0.1) is 7.11 Å². The molecule has 0 bridgehead atoms. The van der Waals surface area contributed by atoms with Gasteiger partial charge in [0.25, 0.3) is 0 Å². The first-order chi connectivity index (χ1) is 6.66. The lowest BCUT2D eigenvalue weighted by Crippen LogP contribution is -1.99. The van der Waals surface area contributed by atoms with Crippen molar-refractivity contribution in [1.29, 1.82) is 0 Å². The monoisotopic (exact) mass is 200 g/mol. The third kappa shape index (κ3) is 9.56. The number of unbranched alkanes of at least 4 members (excludes halogenated alkanes) is 4. The van der Waals surface area contributed by atoms with Gasteiger partial charge in [-0.05, 0) is 12.3 Å². The molecule has 14 heavy (non-hydrogen) atoms. The molecule has 2 nitrogen and oxygen atoms in total. The van der Waals surface area contributed by atoms with Crippen molar-refractivity contribution in [3.05, 3.63) is 0 Å². The molecule has 0 unspecified atom stereocenters. The van der Waals surface area contributed by atoms with Crippen LogP contribution in [0.3, 0.4) is 0 Å². The van der Waals surface area contributed by atoms with Gasteiger partial charge in [-0.25, -0.2) is 0 Å². The van der Waals surface area contributed by atoms with E-state index in [4.69, 9.17) is 0 Å². The molecule has 0 heterocycles. The van der Waals surface area contributed by atoms with Crippen molar-refractivity contribution in [2.75, 3.05) is 7.11 Å². The van der Waals surface area contributed by atoms with E-state index in [0.29, 0.717) is 6.42 Å². The molecule has 0 aromatic heterocycles. The van der Waals surface area contributed by atoms with Crippen LogP contribution in [0.5, 0.6) is 0 Å². The number of rotatable bonds is 8. The zero-order valence-corrected chi connectivity index (χ0v) is 9.84. The third-order valence-electron chi connectivity index (χ3n) is 2.39. The fourth-order valence-corrected chi connectivity index (χ4v) is 1.45. The van der Waals surface area contributed by atoms with Crippen LogP contribution in [-0.4, -0.2) is 13.1 Å². The summed E-state index contributed by atoms with van der Waals surface area (Å²) >= 11 is 0. The number of hydrogen-bond acceptors (Lipinski definition) is 2. The second-order valence-electron chi connectivity index (χ2n) is 4.28. The second kappa shape index (κ2) is 9.04. The summed E-state index contributed by atoms with van der Waals surface area (Å²) in [7, 11) is 1.45. The number of ether oxygens (including phenoxy) is 1. The summed E-state index contributed by atoms with van der Waals surface area (Å²) in [4.78, 5) is 10.8. The standard InChI is InChI=1S/C12H24O2/c1-11(2)9-7-5-4-6-8-10-12(13)14-3/h11H,4-10H2,1-3H3. The van der Waals surface area contributed by atoms with Crippen LogP contribution in [0.2, 0.25) is 0 Å². The molecule has 0 saturated heterocycles. The summed E-state index contributed by atoms with van der Waals surface area (Å²) < 4.78 is 4.57. The maximum atomic E-state index is 10.8. The highest BCUT2D eigenvalue weighted by molar-refractivity contribution is 5.68. The SMILES string of the molecule is COC(=O)CCCCCCCC(C)C. The van der Waals surface area contributed by atoms with Gasteiger partial charge in [0, 0.05) is 6.42 Å². The maximum Gasteiger partial charge on any atom is 0.305 e. The Labute approximate surface area is 88.0 Å². The molecule has 84 valence electrons. The van der Waals surface area contributed by atoms with Crippen LogP contribution in [0.4, 0.5) is 0 Å². The number of methoxy groups -OCH3 is 1. The molecule has 0 aliphatic heterocycles. The molecule has 0 atom stereocenters. The summed E-state index contributed by atoms with van der Waals surface area (Å²) in [5.41, 5.74) is 0. The van der Waals surface area contributed by atoms with Crippen LogP contribution in [-0.2, 0) is 9.53 Å². The predicted molar refractivity (Wildman–Crippen MR) is 59.2 cm³/mol. The van der Waals surface area contributed by atoms with Crippen molar-refractivity contribution >= 4 is 5.97 Å². The van der Waals surface area contributed by atoms with Crippen molar-refractivity contribution in [3.8, 4) is 0 Å². The summed E-state index contributed by atoms with van der Waals surface area (Å²) in [6, 6.07) is 0. The minimum absolute atomic E-state index is 0.0767. The normalized spacial score (nSPS) is 10.6. The third-order valence-corrected chi connectivity index (χ3v) is 2.39. The summed E-state index contributed by atoms with van der Waals surface area (Å²) in [6.07, 6.45) is 7.94. The van der Waals surface area contributed by atoms with E-state index >= 15 is 0 Å². The lowest BCUT2D eigenvalue weighted by atomic mass is 10.0. The Bertz CT molecular complexity index is 141. The van der Waals surface area contributed by atoms with E-state index in [1.807, 2.05) is 0 Å². The van der Waals surface area contributed by atoms with Crippen LogP contribution >= 0.6 is 0 Å². The summed E-state index contributed by atoms with van der Waals surface area (Å²) in [5, 5.41) is 0. The van der Waals surface area contributed by atoms with Gasteiger partial charge < -0.3 is 4.74 Å². The van der Waals surface area contributed by atoms with Crippen LogP contribution in [0, 0.1) is 5.92 Å². The molecule has 0 aliphatic rings. The van der Waals surface area contributed by atoms with Gasteiger partial charge in [0.15, 0.2) is 0 Å². The predicted octanol–water partition coefficient (Wildman–Crippen LogP) is 3.55. The average Bonchev–Trinajstić information content (AvgIpc) is 2.15. The highest BCUT2D eigenvalue weighted by Gasteiger charge is 1.99. The Hall–Kier alpha value is -0.530. The fourth-order valence-electron chi connectivity index (χ4n) is 1.45. The summed E-state index contributed by atoms with van der Waals surface area (Å²) in [6.45, 7) is 4.52. The quantitative estimate of drug-likeness (QED) is 0.442. The molecule has 2 heteroatoms. The molecule has 0 spiro atoms. The van der Waals surface area contributed by atoms with Crippen LogP contribution < -0.4 is 0 Å². The van der Waals surface area contributed by atoms with E-state index < -0.39 is 0 Å². The fraction of sp³-hybridized carbons (Fsp3) is 0.917. The summed E-state index contributed by atoms with van der Waals surface area (Å²) in [5.74, 6) is 0.747. The average molecular weight is 200 g/mol. The number of hydrogen-bond donors (Lipinski definition) is 0. The minimum Gasteiger partial charge on any atom is -0.469 e. The molecule has 0 aromatic rings. The number of carbonyl (C=O) groups is 1. The van der Waals surface area contributed by atoms with Gasteiger partial charge >= 0.3 is 5.97 Å². The Morgan fingerprint density at radius 1 is 1.07 bits per heavy atom. The van der Waals surface area contributed by atoms with Gasteiger partial charge in [0.2, 0.25) is 0 Å². The Morgan fingerprint density at radius 2 is 1.64 bits per heavy atom. The minimum atomic E-state index is -0.0767. The molecule has 0 amide bonds. The zero-order chi connectivity index (χ0) is 10.8. The molecular weight excluding hydrogens is 176 g/mol. The Morgan fingerprint density at radius 3 is 2.21 bits per heavy atom. The molecule has 0 saturated carbocycles. The van der Waals surface area contributed by atoms with Gasteiger partial charge in [-0.1, -0.05) is 46.0 Å². The largest absolute Gasteiger partial charge is 0.469 e. The van der Waals surface area contributed by atoms with Crippen molar-refractivity contribution in [1.82, 2.24) is 0 Å². The molecular formula is C12H24O2. The zero-order valence-electron chi connectivity index (χ0n) is 9.84. The molecule has 0 rings (SSSR count). The molecule has 0 N–H and O–H groups in total. The van der Waals surface area contributed by atoms with Crippen molar-refractivity contribution < 1.29 is 9.53 Å². The Kier molecular flexibility index (Phi) is 8.70. The van der Waals surface area contributed by atoms with Gasteiger partial charge in [-0.3, -0.25) is 4.79 Å². The highest BCUT2D eigenvalue weighted by atomic mass is 16.5. The molecule has 0 aromatic carbocycles. The van der Waals surface area contributed by atoms with E-state index in [1.165, 1.54) is 32.8 Å². The second-order valence-corrected chi connectivity index (χ2v) is 4.28. The van der Waals surface area contributed by atoms with Crippen molar-refractivity contribution in [3.63, 3.8) is 0 Å².